The maximum atomic E-state index is 12.1. The number of ether oxygens (including phenoxy) is 1. The van der Waals surface area contributed by atoms with Crippen molar-refractivity contribution in [1.29, 1.82) is 0 Å². The maximum Gasteiger partial charge on any atom is 0.373 e. The van der Waals surface area contributed by atoms with Gasteiger partial charge >= 0.3 is 59.0 Å². The van der Waals surface area contributed by atoms with Crippen molar-refractivity contribution < 1.29 is 78.7 Å². The van der Waals surface area contributed by atoms with Gasteiger partial charge in [0.25, 0.3) is 0 Å². The summed E-state index contributed by atoms with van der Waals surface area (Å²) in [5.41, 5.74) is 1.44. The van der Waals surface area contributed by atoms with Gasteiger partial charge in [-0.3, -0.25) is 9.59 Å². The number of aliphatic hydroxyl groups is 4. The molecule has 8 atom stereocenters. The molecule has 0 saturated heterocycles. The van der Waals surface area contributed by atoms with E-state index in [0.29, 0.717) is 74.8 Å². The van der Waals surface area contributed by atoms with Crippen molar-refractivity contribution in [3.05, 3.63) is 0 Å². The predicted octanol–water partition coefficient (Wildman–Crippen LogP) is 2.74. The third kappa shape index (κ3) is 11.2. The Hall–Kier alpha value is -4.21. The molecule has 348 valence electrons. The van der Waals surface area contributed by atoms with Crippen molar-refractivity contribution in [3.63, 3.8) is 0 Å². The quantitative estimate of drug-likeness (QED) is 0.101. The van der Waals surface area contributed by atoms with Crippen molar-refractivity contribution in [1.82, 2.24) is 5.32 Å². The first kappa shape index (κ1) is 49.8. The molecule has 12 aliphatic rings. The molecule has 0 radical (unpaired) electrons. The second-order valence-electron chi connectivity index (χ2n) is 21.9. The molecule has 0 aliphatic heterocycles. The third-order valence-electron chi connectivity index (χ3n) is 15.4. The number of rotatable bonds is 7. The summed E-state index contributed by atoms with van der Waals surface area (Å²) < 4.78 is 14.3. The fourth-order valence-corrected chi connectivity index (χ4v) is 15.2. The Morgan fingerprint density at radius 2 is 1.05 bits per heavy atom. The number of hydrogen-bond donors (Lipinski definition) is 9. The number of Topliss-reactive ketones (excluding diaryl/α,β-unsaturated/α-hetero) is 1. The second-order valence-corrected chi connectivity index (χ2v) is 21.9. The van der Waals surface area contributed by atoms with E-state index in [4.69, 9.17) is 40.1 Å². The molecule has 63 heavy (non-hydrogen) atoms. The van der Waals surface area contributed by atoms with Crippen LogP contribution in [0.2, 0.25) is 0 Å². The molecule has 0 aromatic heterocycles. The topological polar surface area (TPSA) is 325 Å². The average Bonchev–Trinajstić information content (AvgIpc) is 3.11. The minimum absolute atomic E-state index is 0.250. The van der Waals surface area contributed by atoms with Crippen LogP contribution in [-0.2, 0) is 38.2 Å². The van der Waals surface area contributed by atoms with Gasteiger partial charge in [0.05, 0.1) is 16.8 Å². The van der Waals surface area contributed by atoms with Crippen molar-refractivity contribution in [2.75, 3.05) is 0 Å². The van der Waals surface area contributed by atoms with Crippen LogP contribution in [0.25, 0.3) is 0 Å². The minimum Gasteiger partial charge on any atom is -0.475 e. The van der Waals surface area contributed by atoms with Gasteiger partial charge in [0.2, 0.25) is 5.78 Å². The molecule has 19 heteroatoms. The van der Waals surface area contributed by atoms with Crippen LogP contribution in [0.1, 0.15) is 136 Å². The first-order valence-corrected chi connectivity index (χ1v) is 21.9. The number of carboxylic acids is 3. The number of aliphatic carboxylic acids is 3. The molecule has 1 amide bonds. The van der Waals surface area contributed by atoms with Gasteiger partial charge in [-0.25, -0.2) is 14.4 Å². The van der Waals surface area contributed by atoms with Crippen LogP contribution in [0.5, 0.6) is 0 Å². The number of ketones is 1. The van der Waals surface area contributed by atoms with Gasteiger partial charge < -0.3 is 46.4 Å². The number of alkyl carbamates (subject to hydrolysis) is 1. The Morgan fingerprint density at radius 3 is 1.35 bits per heavy atom. The average molecular weight is 887 g/mol. The molecule has 12 bridgehead atoms. The molecule has 0 aromatic carbocycles. The van der Waals surface area contributed by atoms with Crippen molar-refractivity contribution in [2.45, 2.75) is 171 Å². The van der Waals surface area contributed by atoms with Crippen LogP contribution in [0.15, 0.2) is 0 Å². The van der Waals surface area contributed by atoms with Crippen LogP contribution in [0.3, 0.4) is 0 Å². The summed E-state index contributed by atoms with van der Waals surface area (Å²) >= 11 is 0. The number of amides is 1. The zero-order valence-corrected chi connectivity index (χ0v) is 36.3. The van der Waals surface area contributed by atoms with Crippen molar-refractivity contribution >= 4 is 43.1 Å². The number of nitrogens with one attached hydrogen (secondary N) is 1. The molecule has 0 heterocycles. The monoisotopic (exact) mass is 886 g/mol. The van der Waals surface area contributed by atoms with Crippen molar-refractivity contribution in [3.8, 4) is 11.9 Å². The van der Waals surface area contributed by atoms with E-state index in [1.807, 2.05) is 0 Å². The fraction of sp³-hybridized carbons (Fsp3) is 0.818. The molecular weight excluding hydrogens is 823 g/mol. The predicted molar refractivity (Wildman–Crippen MR) is 216 cm³/mol. The smallest absolute Gasteiger partial charge is 0.373 e. The van der Waals surface area contributed by atoms with Gasteiger partial charge in [-0.15, -0.1) is 0 Å². The molecule has 12 aliphatic carbocycles. The van der Waals surface area contributed by atoms with E-state index in [1.54, 1.807) is 26.6 Å². The molecule has 0 aromatic rings. The Kier molecular flexibility index (Phi) is 14.5. The molecule has 18 nitrogen and oxygen atoms in total. The molecular formula is C44H63BN2O16. The molecule has 12 saturated carbocycles. The summed E-state index contributed by atoms with van der Waals surface area (Å²) in [6.07, 6.45) is 15.1. The van der Waals surface area contributed by atoms with E-state index in [2.05, 4.69) is 5.32 Å². The number of nitrogens with two attached hydrogens (primary N) is 1. The number of aliphatic hydroxyl groups excluding tert-OH is 1. The number of carbonyl (C=O) groups excluding carboxylic acids is 4. The zero-order chi connectivity index (χ0) is 47.0. The van der Waals surface area contributed by atoms with E-state index in [1.165, 1.54) is 6.11 Å². The van der Waals surface area contributed by atoms with Crippen LogP contribution in [0.4, 0.5) is 4.79 Å². The Balaban J connectivity index is 0.000000167. The molecule has 6 unspecified atom stereocenters. The normalized spacial score (nSPS) is 40.6. The summed E-state index contributed by atoms with van der Waals surface area (Å²) in [7, 11) is 0.319. The Bertz CT molecular complexity index is 1850. The van der Waals surface area contributed by atoms with Crippen molar-refractivity contribution in [2.24, 2.45) is 57.5 Å². The molecule has 10 N–H and O–H groups in total. The molecule has 12 rings (SSSR count). The largest absolute Gasteiger partial charge is 0.475 e. The maximum absolute atomic E-state index is 12.1. The Labute approximate surface area is 366 Å². The third-order valence-corrected chi connectivity index (χ3v) is 15.4. The van der Waals surface area contributed by atoms with Gasteiger partial charge in [-0.1, -0.05) is 0 Å². The minimum atomic E-state index is -1.33. The van der Waals surface area contributed by atoms with E-state index >= 15 is 0 Å². The van der Waals surface area contributed by atoms with Gasteiger partial charge in [-0.2, -0.15) is 9.59 Å². The SMILES string of the molecule is CC(C)(C)OC(=O)N[C@H](C(=O)O)C12CC3CC(CC(O)(C3)C1)C2.N[C@H](C(=O)O)C12CC3CC(CC(O)(C3)C1)C2.O=BC#CO.O=C(O)C(=O)C12CC3CC(CC(O)(C3)C1)C2.O=C=O. The first-order valence-electron chi connectivity index (χ1n) is 21.9. The van der Waals surface area contributed by atoms with E-state index in [0.717, 1.165) is 83.5 Å². The summed E-state index contributed by atoms with van der Waals surface area (Å²) in [6, 6.07) is -1.81. The summed E-state index contributed by atoms with van der Waals surface area (Å²) in [6.45, 7) is 5.24. The van der Waals surface area contributed by atoms with Gasteiger partial charge in [0, 0.05) is 10.8 Å². The van der Waals surface area contributed by atoms with E-state index in [9.17, 15) is 44.4 Å². The number of hydrogen-bond acceptors (Lipinski definition) is 14. The van der Waals surface area contributed by atoms with Crippen LogP contribution in [0, 0.1) is 63.7 Å². The standard InChI is InChI=1S/C17H27NO5.C12H19NO3.C12H16O4.C2HBO2.CO2/c1-15(2,3)23-14(21)18-12(13(19)20)16-5-10-4-11(6-16)8-17(22,7-10)9-16;2*13-9(10(14)15)11-2-7-1-8(3-11)5-12(16,4-7)6-11;4-2-1-3-5;2-1-3/h10-12,22H,4-9H2,1-3H3,(H,18,21)(H,19,20);7-9,16H,1-6,13H2,(H,14,15);7-8,16H,1-6H2,(H,14,15);4H;/t10?,11?,12-,16?,17?;7?,8?,9-,11?,12?;;;/m11.../s1. The fourth-order valence-electron chi connectivity index (χ4n) is 15.2. The summed E-state index contributed by atoms with van der Waals surface area (Å²) in [5.74, 6) is 0.224. The number of carbonyl (C=O) groups is 5. The molecule has 12 fully saturated rings. The van der Waals surface area contributed by atoms with Crippen LogP contribution in [-0.4, -0.2) is 113 Å². The van der Waals surface area contributed by atoms with E-state index in [-0.39, 0.29) is 11.6 Å². The van der Waals surface area contributed by atoms with Gasteiger partial charge in [-0.05, 0) is 177 Å². The summed E-state index contributed by atoms with van der Waals surface area (Å²) in [5, 5.41) is 69.4. The van der Waals surface area contributed by atoms with Crippen LogP contribution >= 0.6 is 0 Å². The second kappa shape index (κ2) is 18.3. The van der Waals surface area contributed by atoms with Gasteiger partial charge in [0.15, 0.2) is 0 Å². The summed E-state index contributed by atoms with van der Waals surface area (Å²) in [4.78, 5) is 74.0. The Morgan fingerprint density at radius 1 is 0.667 bits per heavy atom. The first-order chi connectivity index (χ1) is 29.2. The zero-order valence-electron chi connectivity index (χ0n) is 36.3. The molecule has 0 spiro atoms. The van der Waals surface area contributed by atoms with E-state index < -0.39 is 75.1 Å². The number of carboxylic acid groups (broad SMARTS) is 3. The van der Waals surface area contributed by atoms with Gasteiger partial charge in [0.1, 0.15) is 17.7 Å². The van der Waals surface area contributed by atoms with Crippen LogP contribution < -0.4 is 11.1 Å².